The highest BCUT2D eigenvalue weighted by Gasteiger charge is 2.62. The number of carbonyl (C=O) groups is 3. The molecule has 3 fully saturated rings. The lowest BCUT2D eigenvalue weighted by atomic mass is 9.96. The Hall–Kier alpha value is -1.79. The summed E-state index contributed by atoms with van der Waals surface area (Å²) in [6.07, 6.45) is -3.78. The van der Waals surface area contributed by atoms with Gasteiger partial charge in [-0.15, -0.1) is 0 Å². The van der Waals surface area contributed by atoms with Crippen LogP contribution in [0.3, 0.4) is 0 Å². The van der Waals surface area contributed by atoms with Crippen molar-refractivity contribution >= 4 is 17.8 Å². The molecule has 2 N–H and O–H groups in total. The second kappa shape index (κ2) is 9.69. The number of rotatable bonds is 8. The molecule has 11 nitrogen and oxygen atoms in total. The largest absolute Gasteiger partial charge is 0.548 e. The van der Waals surface area contributed by atoms with Crippen LogP contribution >= 0.6 is 0 Å². The zero-order valence-electron chi connectivity index (χ0n) is 21.1. The van der Waals surface area contributed by atoms with E-state index < -0.39 is 72.1 Å². The molecule has 7 atom stereocenters. The molecule has 3 aliphatic heterocycles. The van der Waals surface area contributed by atoms with E-state index in [0.29, 0.717) is 0 Å². The maximum absolute atomic E-state index is 13.3. The van der Waals surface area contributed by atoms with Crippen molar-refractivity contribution in [1.82, 2.24) is 10.6 Å². The van der Waals surface area contributed by atoms with E-state index >= 15 is 0 Å². The first-order valence-corrected chi connectivity index (χ1v) is 11.8. The highest BCUT2D eigenvalue weighted by atomic mass is 16.9. The first kappa shape index (κ1) is 26.8. The van der Waals surface area contributed by atoms with Gasteiger partial charge in [0.2, 0.25) is 5.91 Å². The first-order valence-electron chi connectivity index (χ1n) is 11.8. The monoisotopic (exact) mass is 485 g/mol. The van der Waals surface area contributed by atoms with E-state index in [1.807, 2.05) is 13.8 Å². The van der Waals surface area contributed by atoms with Crippen molar-refractivity contribution in [1.29, 1.82) is 0 Å². The van der Waals surface area contributed by atoms with Gasteiger partial charge in [0.15, 0.2) is 24.0 Å². The van der Waals surface area contributed by atoms with Crippen molar-refractivity contribution in [3.8, 4) is 0 Å². The van der Waals surface area contributed by atoms with Crippen LogP contribution in [0.5, 0.6) is 0 Å². The molecule has 3 aliphatic rings. The Morgan fingerprint density at radius 1 is 0.853 bits per heavy atom. The molecular formula is C23H37N2O9-. The van der Waals surface area contributed by atoms with Crippen LogP contribution in [0.1, 0.15) is 61.8 Å². The first-order chi connectivity index (χ1) is 15.6. The molecule has 3 rings (SSSR count). The SMILES string of the molecule is CC(C)CC(NC(=O)C(NC(=O)C1OC2OC(C)(C)OC2C2OC(C)(C)OC12)C(C)C)C(=O)[O-]. The number of nitrogens with one attached hydrogen (secondary N) is 2. The van der Waals surface area contributed by atoms with E-state index in [1.54, 1.807) is 41.5 Å². The number of amides is 2. The smallest absolute Gasteiger partial charge is 0.252 e. The molecule has 7 unspecified atom stereocenters. The number of carboxylic acids is 1. The molecule has 194 valence electrons. The van der Waals surface area contributed by atoms with Gasteiger partial charge in [0.05, 0.1) is 12.0 Å². The minimum Gasteiger partial charge on any atom is -0.548 e. The third-order valence-corrected chi connectivity index (χ3v) is 5.97. The van der Waals surface area contributed by atoms with Gasteiger partial charge < -0.3 is 44.2 Å². The molecule has 11 heteroatoms. The fourth-order valence-corrected chi connectivity index (χ4v) is 4.54. The third-order valence-electron chi connectivity index (χ3n) is 5.97. The maximum atomic E-state index is 13.3. The van der Waals surface area contributed by atoms with Gasteiger partial charge in [-0.05, 0) is 46.0 Å². The van der Waals surface area contributed by atoms with Crippen molar-refractivity contribution in [2.75, 3.05) is 0 Å². The zero-order valence-corrected chi connectivity index (χ0v) is 21.1. The summed E-state index contributed by atoms with van der Waals surface area (Å²) in [5.41, 5.74) is 0. The van der Waals surface area contributed by atoms with Crippen LogP contribution in [0, 0.1) is 11.8 Å². The minimum atomic E-state index is -1.37. The van der Waals surface area contributed by atoms with Crippen molar-refractivity contribution in [3.05, 3.63) is 0 Å². The Morgan fingerprint density at radius 3 is 1.97 bits per heavy atom. The molecule has 0 saturated carbocycles. The van der Waals surface area contributed by atoms with Crippen LogP contribution in [0.15, 0.2) is 0 Å². The zero-order chi connectivity index (χ0) is 25.6. The molecule has 3 saturated heterocycles. The quantitative estimate of drug-likeness (QED) is 0.478. The number of hydrogen-bond donors (Lipinski definition) is 2. The summed E-state index contributed by atoms with van der Waals surface area (Å²) in [5.74, 6) is -4.80. The second-order valence-corrected chi connectivity index (χ2v) is 10.8. The summed E-state index contributed by atoms with van der Waals surface area (Å²) < 4.78 is 29.7. The van der Waals surface area contributed by atoms with Gasteiger partial charge >= 0.3 is 0 Å². The molecule has 0 spiro atoms. The van der Waals surface area contributed by atoms with Crippen LogP contribution in [-0.4, -0.2) is 72.1 Å². The Morgan fingerprint density at radius 2 is 1.41 bits per heavy atom. The average Bonchev–Trinajstić information content (AvgIpc) is 3.17. The summed E-state index contributed by atoms with van der Waals surface area (Å²) in [4.78, 5) is 37.8. The molecule has 0 aliphatic carbocycles. The number of carbonyl (C=O) groups excluding carboxylic acids is 3. The molecule has 0 aromatic rings. The normalized spacial score (nSPS) is 33.2. The van der Waals surface area contributed by atoms with E-state index in [2.05, 4.69) is 10.6 Å². The Balaban J connectivity index is 1.76. The fourth-order valence-electron chi connectivity index (χ4n) is 4.54. The molecule has 0 aromatic carbocycles. The number of carboxylic acid groups (broad SMARTS) is 1. The highest BCUT2D eigenvalue weighted by molar-refractivity contribution is 5.91. The van der Waals surface area contributed by atoms with Crippen LogP contribution in [0.25, 0.3) is 0 Å². The molecular weight excluding hydrogens is 448 g/mol. The van der Waals surface area contributed by atoms with E-state index in [0.717, 1.165) is 0 Å². The fraction of sp³-hybridized carbons (Fsp3) is 0.870. The summed E-state index contributed by atoms with van der Waals surface area (Å²) >= 11 is 0. The van der Waals surface area contributed by atoms with Gasteiger partial charge in [-0.2, -0.15) is 0 Å². The average molecular weight is 486 g/mol. The van der Waals surface area contributed by atoms with Crippen molar-refractivity contribution < 1.29 is 43.2 Å². The molecule has 0 aromatic heterocycles. The van der Waals surface area contributed by atoms with Crippen LogP contribution < -0.4 is 15.7 Å². The van der Waals surface area contributed by atoms with Crippen molar-refractivity contribution in [2.24, 2.45) is 11.8 Å². The lowest BCUT2D eigenvalue weighted by Gasteiger charge is -2.37. The third kappa shape index (κ3) is 5.88. The van der Waals surface area contributed by atoms with E-state index in [4.69, 9.17) is 23.7 Å². The van der Waals surface area contributed by atoms with Crippen LogP contribution in [0.2, 0.25) is 0 Å². The Kier molecular flexibility index (Phi) is 7.64. The standard InChI is InChI=1S/C23H38N2O9/c1-10(2)9-12(20(28)29)24-18(26)13(11(3)4)25-19(27)16-14-15(32-22(5,6)31-14)17-21(30-16)34-23(7,8)33-17/h10-17,21H,9H2,1-8H3,(H,24,26)(H,25,27)(H,28,29)/p-1. The second-order valence-electron chi connectivity index (χ2n) is 10.8. The minimum absolute atomic E-state index is 0.0246. The summed E-state index contributed by atoms with van der Waals surface area (Å²) in [6.45, 7) is 14.1. The molecule has 0 radical (unpaired) electrons. The van der Waals surface area contributed by atoms with Gasteiger partial charge in [-0.25, -0.2) is 0 Å². The van der Waals surface area contributed by atoms with Crippen molar-refractivity contribution in [3.63, 3.8) is 0 Å². The van der Waals surface area contributed by atoms with Gasteiger partial charge in [0.25, 0.3) is 5.91 Å². The molecule has 0 bridgehead atoms. The summed E-state index contributed by atoms with van der Waals surface area (Å²) in [6, 6.07) is -2.17. The predicted octanol–water partition coefficient (Wildman–Crippen LogP) is -0.195. The maximum Gasteiger partial charge on any atom is 0.252 e. The number of fused-ring (bicyclic) bond motifs is 3. The van der Waals surface area contributed by atoms with Gasteiger partial charge in [0.1, 0.15) is 24.4 Å². The Bertz CT molecular complexity index is 797. The Labute approximate surface area is 200 Å². The van der Waals surface area contributed by atoms with Crippen LogP contribution in [0.4, 0.5) is 0 Å². The van der Waals surface area contributed by atoms with Gasteiger partial charge in [-0.1, -0.05) is 27.7 Å². The number of aliphatic carboxylic acids is 1. The summed E-state index contributed by atoms with van der Waals surface area (Å²) in [7, 11) is 0. The predicted molar refractivity (Wildman–Crippen MR) is 116 cm³/mol. The van der Waals surface area contributed by atoms with Gasteiger partial charge in [-0.3, -0.25) is 9.59 Å². The number of hydrogen-bond acceptors (Lipinski definition) is 9. The van der Waals surface area contributed by atoms with E-state index in [9.17, 15) is 19.5 Å². The molecule has 2 amide bonds. The molecule has 34 heavy (non-hydrogen) atoms. The highest BCUT2D eigenvalue weighted by Crippen LogP contribution is 2.44. The lowest BCUT2D eigenvalue weighted by molar-refractivity contribution is -0.308. The van der Waals surface area contributed by atoms with E-state index in [-0.39, 0.29) is 18.3 Å². The van der Waals surface area contributed by atoms with Crippen molar-refractivity contribution in [2.45, 2.75) is 116 Å². The summed E-state index contributed by atoms with van der Waals surface area (Å²) in [5, 5.41) is 16.7. The van der Waals surface area contributed by atoms with Crippen LogP contribution in [-0.2, 0) is 38.1 Å². The lowest BCUT2D eigenvalue weighted by Crippen LogP contribution is -2.62. The topological polar surface area (TPSA) is 144 Å². The number of ether oxygens (including phenoxy) is 5. The van der Waals surface area contributed by atoms with Gasteiger partial charge in [0, 0.05) is 0 Å². The molecule has 3 heterocycles. The van der Waals surface area contributed by atoms with E-state index in [1.165, 1.54) is 0 Å².